The number of carbonyl (C=O) groups is 2. The smallest absolute Gasteiger partial charge is 0.150 e. The highest BCUT2D eigenvalue weighted by Crippen LogP contribution is 2.28. The predicted molar refractivity (Wildman–Crippen MR) is 56.7 cm³/mol. The van der Waals surface area contributed by atoms with Crippen molar-refractivity contribution in [3.8, 4) is 0 Å². The summed E-state index contributed by atoms with van der Waals surface area (Å²) in [5.74, 6) is 0. The Kier molecular flexibility index (Phi) is 2.20. The quantitative estimate of drug-likeness (QED) is 0.539. The van der Waals surface area contributed by atoms with Gasteiger partial charge >= 0.3 is 0 Å². The fourth-order valence-electron chi connectivity index (χ4n) is 2.20. The summed E-state index contributed by atoms with van der Waals surface area (Å²) in [6.07, 6.45) is 1.50. The van der Waals surface area contributed by atoms with Crippen molar-refractivity contribution in [2.24, 2.45) is 0 Å². The minimum atomic E-state index is 0.505. The molecular formula is C12H14NO2+. The first-order valence-corrected chi connectivity index (χ1v) is 4.94. The molecule has 0 aromatic heterocycles. The number of rotatable bonds is 2. The fourth-order valence-corrected chi connectivity index (χ4v) is 2.20. The third-order valence-corrected chi connectivity index (χ3v) is 2.86. The molecular weight excluding hydrogens is 190 g/mol. The SMILES string of the molecule is C[N+]1(C)Cc2cc(C=O)c(C=O)cc2C1. The molecule has 0 aliphatic carbocycles. The Balaban J connectivity index is 2.53. The molecule has 0 radical (unpaired) electrons. The van der Waals surface area contributed by atoms with Crippen LogP contribution >= 0.6 is 0 Å². The van der Waals surface area contributed by atoms with Crippen LogP contribution in [0.25, 0.3) is 0 Å². The van der Waals surface area contributed by atoms with E-state index < -0.39 is 0 Å². The Morgan fingerprint density at radius 3 is 1.73 bits per heavy atom. The van der Waals surface area contributed by atoms with Gasteiger partial charge in [-0.15, -0.1) is 0 Å². The van der Waals surface area contributed by atoms with Gasteiger partial charge in [-0.05, 0) is 12.1 Å². The number of hydrogen-bond acceptors (Lipinski definition) is 2. The minimum Gasteiger partial charge on any atom is -0.321 e. The van der Waals surface area contributed by atoms with Gasteiger partial charge in [0.1, 0.15) is 13.1 Å². The van der Waals surface area contributed by atoms with Gasteiger partial charge in [-0.2, -0.15) is 0 Å². The summed E-state index contributed by atoms with van der Waals surface area (Å²) >= 11 is 0. The first-order chi connectivity index (χ1) is 7.05. The van der Waals surface area contributed by atoms with Crippen molar-refractivity contribution in [1.82, 2.24) is 0 Å². The number of quaternary nitrogens is 1. The lowest BCUT2D eigenvalue weighted by molar-refractivity contribution is -0.910. The number of aldehydes is 2. The number of fused-ring (bicyclic) bond motifs is 1. The molecule has 1 heterocycles. The van der Waals surface area contributed by atoms with E-state index in [0.29, 0.717) is 11.1 Å². The molecule has 0 amide bonds. The van der Waals surface area contributed by atoms with E-state index in [9.17, 15) is 9.59 Å². The van der Waals surface area contributed by atoms with Crippen molar-refractivity contribution in [3.05, 3.63) is 34.4 Å². The van der Waals surface area contributed by atoms with Gasteiger partial charge in [-0.1, -0.05) is 0 Å². The van der Waals surface area contributed by atoms with Crippen LogP contribution in [0.1, 0.15) is 31.8 Å². The van der Waals surface area contributed by atoms with Gasteiger partial charge in [-0.3, -0.25) is 9.59 Å². The second-order valence-corrected chi connectivity index (χ2v) is 4.74. The van der Waals surface area contributed by atoms with Crippen molar-refractivity contribution in [2.75, 3.05) is 14.1 Å². The number of hydrogen-bond donors (Lipinski definition) is 0. The first-order valence-electron chi connectivity index (χ1n) is 4.94. The van der Waals surface area contributed by atoms with Crippen LogP contribution in [0, 0.1) is 0 Å². The van der Waals surface area contributed by atoms with Gasteiger partial charge in [0.2, 0.25) is 0 Å². The zero-order valence-electron chi connectivity index (χ0n) is 8.99. The van der Waals surface area contributed by atoms with Crippen molar-refractivity contribution < 1.29 is 14.1 Å². The molecule has 0 spiro atoms. The molecule has 0 fully saturated rings. The van der Waals surface area contributed by atoms with E-state index in [2.05, 4.69) is 14.1 Å². The lowest BCUT2D eigenvalue weighted by Gasteiger charge is -2.22. The van der Waals surface area contributed by atoms with E-state index in [1.54, 1.807) is 0 Å². The summed E-state index contributed by atoms with van der Waals surface area (Å²) in [4.78, 5) is 21.6. The molecule has 0 atom stereocenters. The molecule has 1 aromatic rings. The van der Waals surface area contributed by atoms with Gasteiger partial charge < -0.3 is 4.48 Å². The first kappa shape index (κ1) is 10.1. The van der Waals surface area contributed by atoms with Crippen molar-refractivity contribution in [2.45, 2.75) is 13.1 Å². The van der Waals surface area contributed by atoms with Crippen LogP contribution in [0.4, 0.5) is 0 Å². The van der Waals surface area contributed by atoms with Gasteiger partial charge in [0.25, 0.3) is 0 Å². The third kappa shape index (κ3) is 1.70. The van der Waals surface area contributed by atoms with Crippen LogP contribution in [0.3, 0.4) is 0 Å². The Labute approximate surface area is 88.9 Å². The number of nitrogens with zero attached hydrogens (tertiary/aromatic N) is 1. The highest BCUT2D eigenvalue weighted by atomic mass is 16.1. The molecule has 0 N–H and O–H groups in total. The zero-order valence-corrected chi connectivity index (χ0v) is 8.99. The van der Waals surface area contributed by atoms with Gasteiger partial charge in [-0.25, -0.2) is 0 Å². The lowest BCUT2D eigenvalue weighted by atomic mass is 10.0. The molecule has 0 bridgehead atoms. The minimum absolute atomic E-state index is 0.505. The maximum absolute atomic E-state index is 10.8. The summed E-state index contributed by atoms with van der Waals surface area (Å²) < 4.78 is 0.885. The predicted octanol–water partition coefficient (Wildman–Crippen LogP) is 1.40. The standard InChI is InChI=1S/C12H14NO2/c1-13(2)5-9-3-11(7-14)12(8-15)4-10(9)6-13/h3-4,7-8H,5-6H2,1-2H3/q+1. The third-order valence-electron chi connectivity index (χ3n) is 2.86. The topological polar surface area (TPSA) is 34.1 Å². The second-order valence-electron chi connectivity index (χ2n) is 4.74. The van der Waals surface area contributed by atoms with E-state index in [1.165, 1.54) is 11.1 Å². The Morgan fingerprint density at radius 2 is 1.40 bits per heavy atom. The van der Waals surface area contributed by atoms with Crippen LogP contribution in [-0.4, -0.2) is 31.2 Å². The lowest BCUT2D eigenvalue weighted by Crippen LogP contribution is -2.32. The summed E-state index contributed by atoms with van der Waals surface area (Å²) in [5.41, 5.74) is 3.39. The molecule has 3 nitrogen and oxygen atoms in total. The van der Waals surface area contributed by atoms with E-state index in [0.717, 1.165) is 30.1 Å². The second kappa shape index (κ2) is 3.28. The average molecular weight is 204 g/mol. The average Bonchev–Trinajstić information content (AvgIpc) is 2.48. The molecule has 1 aliphatic rings. The molecule has 0 saturated heterocycles. The van der Waals surface area contributed by atoms with Crippen LogP contribution in [0.15, 0.2) is 12.1 Å². The fraction of sp³-hybridized carbons (Fsp3) is 0.333. The molecule has 15 heavy (non-hydrogen) atoms. The molecule has 78 valence electrons. The maximum atomic E-state index is 10.8. The maximum Gasteiger partial charge on any atom is 0.150 e. The van der Waals surface area contributed by atoms with Crippen LogP contribution in [0.2, 0.25) is 0 Å². The normalized spacial score (nSPS) is 17.2. The van der Waals surface area contributed by atoms with Crippen molar-refractivity contribution in [1.29, 1.82) is 0 Å². The summed E-state index contributed by atoms with van der Waals surface area (Å²) in [7, 11) is 4.28. The summed E-state index contributed by atoms with van der Waals surface area (Å²) in [5, 5.41) is 0. The molecule has 1 aliphatic heterocycles. The molecule has 1 aromatic carbocycles. The Morgan fingerprint density at radius 1 is 1.00 bits per heavy atom. The molecule has 0 unspecified atom stereocenters. The highest BCUT2D eigenvalue weighted by molar-refractivity contribution is 5.90. The zero-order chi connectivity index (χ0) is 11.1. The van der Waals surface area contributed by atoms with Crippen molar-refractivity contribution in [3.63, 3.8) is 0 Å². The Bertz CT molecular complexity index is 396. The van der Waals surface area contributed by atoms with Crippen molar-refractivity contribution >= 4 is 12.6 Å². The highest BCUT2D eigenvalue weighted by Gasteiger charge is 2.28. The number of benzene rings is 1. The molecule has 2 rings (SSSR count). The largest absolute Gasteiger partial charge is 0.321 e. The van der Waals surface area contributed by atoms with E-state index >= 15 is 0 Å². The number of carbonyl (C=O) groups excluding carboxylic acids is 2. The molecule has 0 saturated carbocycles. The van der Waals surface area contributed by atoms with Crippen LogP contribution in [-0.2, 0) is 13.1 Å². The van der Waals surface area contributed by atoms with E-state index in [-0.39, 0.29) is 0 Å². The Hall–Kier alpha value is -1.48. The summed E-state index contributed by atoms with van der Waals surface area (Å²) in [6.45, 7) is 1.85. The van der Waals surface area contributed by atoms with Gasteiger partial charge in [0.15, 0.2) is 12.6 Å². The van der Waals surface area contributed by atoms with E-state index in [1.807, 2.05) is 12.1 Å². The van der Waals surface area contributed by atoms with Gasteiger partial charge in [0.05, 0.1) is 14.1 Å². The van der Waals surface area contributed by atoms with Crippen LogP contribution < -0.4 is 0 Å². The van der Waals surface area contributed by atoms with Crippen LogP contribution in [0.5, 0.6) is 0 Å². The summed E-state index contributed by atoms with van der Waals surface area (Å²) in [6, 6.07) is 3.69. The molecule has 3 heteroatoms. The van der Waals surface area contributed by atoms with Gasteiger partial charge in [0, 0.05) is 22.3 Å². The monoisotopic (exact) mass is 204 g/mol. The van der Waals surface area contributed by atoms with E-state index in [4.69, 9.17) is 0 Å².